The zero-order valence-corrected chi connectivity index (χ0v) is 14.1. The Morgan fingerprint density at radius 2 is 1.68 bits per heavy atom. The zero-order valence-electron chi connectivity index (χ0n) is 12.5. The number of halogens is 1. The molecule has 0 aromatic heterocycles. The van der Waals surface area contributed by atoms with Crippen molar-refractivity contribution < 1.29 is 4.79 Å². The van der Waals surface area contributed by atoms with Crippen LogP contribution in [-0.2, 0) is 4.79 Å². The summed E-state index contributed by atoms with van der Waals surface area (Å²) in [4.78, 5) is 12.8. The van der Waals surface area contributed by atoms with Gasteiger partial charge in [-0.15, -0.1) is 0 Å². The van der Waals surface area contributed by atoms with E-state index in [1.807, 2.05) is 0 Å². The number of amides is 1. The van der Waals surface area contributed by atoms with Crippen LogP contribution >= 0.6 is 15.9 Å². The summed E-state index contributed by atoms with van der Waals surface area (Å²) in [6.45, 7) is 6.98. The third-order valence-corrected chi connectivity index (χ3v) is 6.18. The number of carbonyl (C=O) groups excluding carboxylic acids is 1. The Morgan fingerprint density at radius 3 is 2.16 bits per heavy atom. The maximum atomic E-state index is 12.3. The van der Waals surface area contributed by atoms with E-state index in [1.54, 1.807) is 0 Å². The summed E-state index contributed by atoms with van der Waals surface area (Å²) in [5, 5.41) is 3.27. The first-order chi connectivity index (χ1) is 8.88. The number of hydrogen-bond donors (Lipinski definition) is 1. The van der Waals surface area contributed by atoms with Crippen molar-refractivity contribution in [3.8, 4) is 0 Å². The minimum atomic E-state index is 0.263. The Balaban J connectivity index is 1.79. The maximum Gasteiger partial charge on any atom is 0.223 e. The van der Waals surface area contributed by atoms with Crippen LogP contribution in [0.25, 0.3) is 0 Å². The molecule has 0 heterocycles. The van der Waals surface area contributed by atoms with Crippen molar-refractivity contribution in [2.75, 3.05) is 0 Å². The highest BCUT2D eigenvalue weighted by molar-refractivity contribution is 9.09. The van der Waals surface area contributed by atoms with Crippen LogP contribution in [0.3, 0.4) is 0 Å². The Kier molecular flexibility index (Phi) is 4.97. The summed E-state index contributed by atoms with van der Waals surface area (Å²) in [6, 6.07) is 0.368. The summed E-state index contributed by atoms with van der Waals surface area (Å²) >= 11 is 3.68. The average molecular weight is 330 g/mol. The van der Waals surface area contributed by atoms with Gasteiger partial charge in [0.1, 0.15) is 0 Å². The van der Waals surface area contributed by atoms with Crippen molar-refractivity contribution in [1.29, 1.82) is 0 Å². The number of nitrogens with one attached hydrogen (secondary N) is 1. The largest absolute Gasteiger partial charge is 0.352 e. The van der Waals surface area contributed by atoms with E-state index in [0.717, 1.165) is 25.2 Å². The normalized spacial score (nSPS) is 36.2. The predicted octanol–water partition coefficient (Wildman–Crippen LogP) is 4.27. The van der Waals surface area contributed by atoms with Crippen LogP contribution in [-0.4, -0.2) is 16.8 Å². The number of rotatable bonds is 2. The van der Waals surface area contributed by atoms with Crippen molar-refractivity contribution >= 4 is 21.8 Å². The molecule has 1 N–H and O–H groups in total. The molecule has 110 valence electrons. The van der Waals surface area contributed by atoms with Crippen molar-refractivity contribution in [2.24, 2.45) is 17.3 Å². The van der Waals surface area contributed by atoms with Gasteiger partial charge in [-0.3, -0.25) is 4.79 Å². The van der Waals surface area contributed by atoms with E-state index in [0.29, 0.717) is 22.2 Å². The molecule has 0 aromatic carbocycles. The summed E-state index contributed by atoms with van der Waals surface area (Å²) < 4.78 is 0. The fraction of sp³-hybridized carbons (Fsp3) is 0.938. The minimum Gasteiger partial charge on any atom is -0.352 e. The van der Waals surface area contributed by atoms with E-state index in [9.17, 15) is 4.79 Å². The van der Waals surface area contributed by atoms with Crippen molar-refractivity contribution in [3.05, 3.63) is 0 Å². The van der Waals surface area contributed by atoms with Gasteiger partial charge in [-0.2, -0.15) is 0 Å². The van der Waals surface area contributed by atoms with Gasteiger partial charge in [-0.1, -0.05) is 43.1 Å². The van der Waals surface area contributed by atoms with Gasteiger partial charge in [0, 0.05) is 16.8 Å². The fourth-order valence-electron chi connectivity index (χ4n) is 3.60. The molecular weight excluding hydrogens is 302 g/mol. The molecular formula is C16H28BrNO. The SMILES string of the molecule is CC(C)(C)C1CCC(C(=O)NC2CCCC2Br)CC1. The van der Waals surface area contributed by atoms with Crippen LogP contribution in [0, 0.1) is 17.3 Å². The molecule has 0 bridgehead atoms. The monoisotopic (exact) mass is 329 g/mol. The molecule has 2 aliphatic carbocycles. The Hall–Kier alpha value is -0.0500. The van der Waals surface area contributed by atoms with Crippen LogP contribution in [0.5, 0.6) is 0 Å². The molecule has 2 rings (SSSR count). The van der Waals surface area contributed by atoms with Crippen molar-refractivity contribution in [2.45, 2.75) is 76.6 Å². The molecule has 0 spiro atoms. The lowest BCUT2D eigenvalue weighted by Crippen LogP contribution is -2.42. The van der Waals surface area contributed by atoms with Gasteiger partial charge in [0.25, 0.3) is 0 Å². The van der Waals surface area contributed by atoms with E-state index >= 15 is 0 Å². The summed E-state index contributed by atoms with van der Waals surface area (Å²) in [6.07, 6.45) is 8.15. The highest BCUT2D eigenvalue weighted by Crippen LogP contribution is 2.40. The Bertz CT molecular complexity index is 315. The second-order valence-electron chi connectivity index (χ2n) is 7.48. The molecule has 2 aliphatic rings. The van der Waals surface area contributed by atoms with Gasteiger partial charge in [0.05, 0.1) is 0 Å². The summed E-state index contributed by atoms with van der Waals surface area (Å²) in [5.74, 6) is 1.36. The van der Waals surface area contributed by atoms with Gasteiger partial charge in [-0.05, 0) is 49.9 Å². The highest BCUT2D eigenvalue weighted by atomic mass is 79.9. The highest BCUT2D eigenvalue weighted by Gasteiger charge is 2.34. The smallest absolute Gasteiger partial charge is 0.223 e. The van der Waals surface area contributed by atoms with Gasteiger partial charge in [-0.25, -0.2) is 0 Å². The van der Waals surface area contributed by atoms with E-state index in [4.69, 9.17) is 0 Å². The lowest BCUT2D eigenvalue weighted by Gasteiger charge is -2.36. The molecule has 0 aliphatic heterocycles. The molecule has 19 heavy (non-hydrogen) atoms. The molecule has 2 unspecified atom stereocenters. The average Bonchev–Trinajstić information content (AvgIpc) is 2.74. The molecule has 2 saturated carbocycles. The summed E-state index contributed by atoms with van der Waals surface area (Å²) in [5.41, 5.74) is 0.397. The second kappa shape index (κ2) is 6.15. The second-order valence-corrected chi connectivity index (χ2v) is 8.65. The first kappa shape index (κ1) is 15.3. The molecule has 1 amide bonds. The molecule has 2 atom stereocenters. The molecule has 3 heteroatoms. The van der Waals surface area contributed by atoms with E-state index in [-0.39, 0.29) is 5.92 Å². The van der Waals surface area contributed by atoms with Crippen LogP contribution in [0.1, 0.15) is 65.7 Å². The number of alkyl halides is 1. The lowest BCUT2D eigenvalue weighted by atomic mass is 9.69. The van der Waals surface area contributed by atoms with Crippen molar-refractivity contribution in [1.82, 2.24) is 5.32 Å². The first-order valence-electron chi connectivity index (χ1n) is 7.82. The van der Waals surface area contributed by atoms with Gasteiger partial charge >= 0.3 is 0 Å². The van der Waals surface area contributed by atoms with Gasteiger partial charge < -0.3 is 5.32 Å². The van der Waals surface area contributed by atoms with E-state index in [2.05, 4.69) is 42.0 Å². The zero-order chi connectivity index (χ0) is 14.0. The Labute approximate surface area is 126 Å². The third kappa shape index (κ3) is 3.96. The topological polar surface area (TPSA) is 29.1 Å². The molecule has 2 fully saturated rings. The van der Waals surface area contributed by atoms with Crippen LogP contribution in [0.2, 0.25) is 0 Å². The molecule has 0 radical (unpaired) electrons. The molecule has 0 aromatic rings. The molecule has 0 saturated heterocycles. The van der Waals surface area contributed by atoms with E-state index < -0.39 is 0 Å². The minimum absolute atomic E-state index is 0.263. The predicted molar refractivity (Wildman–Crippen MR) is 83.4 cm³/mol. The standard InChI is InChI=1S/C16H28BrNO/c1-16(2,3)12-9-7-11(8-10-12)15(19)18-14-6-4-5-13(14)17/h11-14H,4-10H2,1-3H3,(H,18,19). The third-order valence-electron chi connectivity index (χ3n) is 5.08. The van der Waals surface area contributed by atoms with Crippen molar-refractivity contribution in [3.63, 3.8) is 0 Å². The quantitative estimate of drug-likeness (QED) is 0.753. The van der Waals surface area contributed by atoms with E-state index in [1.165, 1.54) is 25.7 Å². The first-order valence-corrected chi connectivity index (χ1v) is 8.74. The Morgan fingerprint density at radius 1 is 1.05 bits per heavy atom. The fourth-order valence-corrected chi connectivity index (χ4v) is 4.32. The maximum absolute atomic E-state index is 12.3. The number of hydrogen-bond acceptors (Lipinski definition) is 1. The van der Waals surface area contributed by atoms with Crippen LogP contribution < -0.4 is 5.32 Å². The van der Waals surface area contributed by atoms with Gasteiger partial charge in [0.15, 0.2) is 0 Å². The molecule has 2 nitrogen and oxygen atoms in total. The number of carbonyl (C=O) groups is 1. The van der Waals surface area contributed by atoms with Crippen LogP contribution in [0.4, 0.5) is 0 Å². The summed E-state index contributed by atoms with van der Waals surface area (Å²) in [7, 11) is 0. The van der Waals surface area contributed by atoms with Crippen LogP contribution in [0.15, 0.2) is 0 Å². The lowest BCUT2D eigenvalue weighted by molar-refractivity contribution is -0.127. The van der Waals surface area contributed by atoms with Gasteiger partial charge in [0.2, 0.25) is 5.91 Å².